The van der Waals surface area contributed by atoms with Crippen molar-refractivity contribution in [2.24, 2.45) is 0 Å². The number of allylic oxidation sites excluding steroid dienone is 8. The second-order valence-corrected chi connectivity index (χ2v) is 15.6. The van der Waals surface area contributed by atoms with Crippen molar-refractivity contribution in [2.75, 3.05) is 13.2 Å². The number of esters is 3. The molecule has 0 aliphatic rings. The van der Waals surface area contributed by atoms with Crippen molar-refractivity contribution < 1.29 is 28.6 Å². The summed E-state index contributed by atoms with van der Waals surface area (Å²) in [5, 5.41) is 0. The summed E-state index contributed by atoms with van der Waals surface area (Å²) < 4.78 is 16.7. The summed E-state index contributed by atoms with van der Waals surface area (Å²) in [6.45, 7) is 6.45. The number of ether oxygens (including phenoxy) is 3. The molecule has 0 N–H and O–H groups in total. The van der Waals surface area contributed by atoms with Gasteiger partial charge in [0.05, 0.1) is 0 Å². The Bertz CT molecular complexity index is 996. The first-order valence-corrected chi connectivity index (χ1v) is 23.6. The summed E-state index contributed by atoms with van der Waals surface area (Å²) in [5.74, 6) is -0.924. The van der Waals surface area contributed by atoms with Gasteiger partial charge in [-0.25, -0.2) is 0 Å². The van der Waals surface area contributed by atoms with Gasteiger partial charge in [-0.05, 0) is 70.6 Å². The van der Waals surface area contributed by atoms with Gasteiger partial charge in [0.15, 0.2) is 6.10 Å². The molecular formula is C50H88O6. The SMILES string of the molecule is CC/C=C\C/C=C\C/C=C\CCCCCC(=O)OC(COC(=O)CCCCCCC/C=C\CCCC)COC(=O)CCCCCCCCCCCCCCCC. The van der Waals surface area contributed by atoms with Crippen LogP contribution in [0.1, 0.15) is 233 Å². The van der Waals surface area contributed by atoms with Gasteiger partial charge in [0.1, 0.15) is 13.2 Å². The average Bonchev–Trinajstić information content (AvgIpc) is 3.19. The second-order valence-electron chi connectivity index (χ2n) is 15.6. The van der Waals surface area contributed by atoms with Gasteiger partial charge >= 0.3 is 17.9 Å². The molecule has 0 fully saturated rings. The Morgan fingerprint density at radius 2 is 0.714 bits per heavy atom. The van der Waals surface area contributed by atoms with Crippen molar-refractivity contribution in [3.8, 4) is 0 Å². The van der Waals surface area contributed by atoms with Gasteiger partial charge in [-0.1, -0.05) is 191 Å². The van der Waals surface area contributed by atoms with Crippen LogP contribution in [0, 0.1) is 0 Å². The molecule has 0 amide bonds. The lowest BCUT2D eigenvalue weighted by atomic mass is 10.0. The van der Waals surface area contributed by atoms with Gasteiger partial charge in [-0.15, -0.1) is 0 Å². The topological polar surface area (TPSA) is 78.9 Å². The molecule has 0 saturated heterocycles. The summed E-state index contributed by atoms with van der Waals surface area (Å²) in [6.07, 6.45) is 52.3. The highest BCUT2D eigenvalue weighted by Crippen LogP contribution is 2.15. The zero-order chi connectivity index (χ0) is 40.8. The molecule has 6 heteroatoms. The first-order chi connectivity index (χ1) is 27.5. The lowest BCUT2D eigenvalue weighted by molar-refractivity contribution is -0.167. The van der Waals surface area contributed by atoms with E-state index in [1.807, 2.05) is 0 Å². The number of carbonyl (C=O) groups is 3. The van der Waals surface area contributed by atoms with Crippen LogP contribution in [0.25, 0.3) is 0 Å². The molecule has 0 aliphatic heterocycles. The number of hydrogen-bond donors (Lipinski definition) is 0. The van der Waals surface area contributed by atoms with Crippen molar-refractivity contribution in [1.29, 1.82) is 0 Å². The van der Waals surface area contributed by atoms with Crippen molar-refractivity contribution in [3.63, 3.8) is 0 Å². The molecule has 0 aliphatic carbocycles. The van der Waals surface area contributed by atoms with Crippen LogP contribution in [0.4, 0.5) is 0 Å². The minimum absolute atomic E-state index is 0.0858. The predicted octanol–water partition coefficient (Wildman–Crippen LogP) is 15.1. The first-order valence-electron chi connectivity index (χ1n) is 23.6. The Balaban J connectivity index is 4.41. The third-order valence-corrected chi connectivity index (χ3v) is 10.1. The van der Waals surface area contributed by atoms with Crippen molar-refractivity contribution in [3.05, 3.63) is 48.6 Å². The lowest BCUT2D eigenvalue weighted by Crippen LogP contribution is -2.30. The monoisotopic (exact) mass is 785 g/mol. The van der Waals surface area contributed by atoms with Crippen LogP contribution in [0.3, 0.4) is 0 Å². The molecule has 1 atom stereocenters. The Morgan fingerprint density at radius 3 is 1.18 bits per heavy atom. The fourth-order valence-corrected chi connectivity index (χ4v) is 6.50. The van der Waals surface area contributed by atoms with Crippen LogP contribution >= 0.6 is 0 Å². The third kappa shape index (κ3) is 42.5. The Labute approximate surface area is 346 Å². The minimum Gasteiger partial charge on any atom is -0.462 e. The summed E-state index contributed by atoms with van der Waals surface area (Å²) in [7, 11) is 0. The van der Waals surface area contributed by atoms with E-state index in [1.165, 1.54) is 103 Å². The second kappa shape index (κ2) is 45.1. The standard InChI is InChI=1S/C50H88O6/c1-4-7-10-13-16-19-22-24-26-28-31-34-37-40-43-49(52)55-46-47(45-54-48(51)42-39-36-33-30-27-21-18-15-12-9-6-3)56-50(53)44-41-38-35-32-29-25-23-20-17-14-11-8-5-2/h8,11,15,17-18,20,25,29,47H,4-7,9-10,12-14,16,19,21-24,26-28,30-46H2,1-3H3/b11-8-,18-15-,20-17-,29-25-. The zero-order valence-corrected chi connectivity index (χ0v) is 36.9. The van der Waals surface area contributed by atoms with Crippen molar-refractivity contribution in [1.82, 2.24) is 0 Å². The molecule has 1 unspecified atom stereocenters. The molecule has 0 aromatic carbocycles. The predicted molar refractivity (Wildman–Crippen MR) is 238 cm³/mol. The van der Waals surface area contributed by atoms with Crippen molar-refractivity contribution in [2.45, 2.75) is 239 Å². The number of carbonyl (C=O) groups excluding carboxylic acids is 3. The van der Waals surface area contributed by atoms with Gasteiger partial charge in [-0.3, -0.25) is 14.4 Å². The molecule has 0 heterocycles. The summed E-state index contributed by atoms with van der Waals surface area (Å²) in [5.41, 5.74) is 0. The van der Waals surface area contributed by atoms with E-state index in [9.17, 15) is 14.4 Å². The van der Waals surface area contributed by atoms with Gasteiger partial charge in [-0.2, -0.15) is 0 Å². The van der Waals surface area contributed by atoms with Crippen LogP contribution in [-0.2, 0) is 28.6 Å². The van der Waals surface area contributed by atoms with E-state index < -0.39 is 6.10 Å². The summed E-state index contributed by atoms with van der Waals surface area (Å²) in [6, 6.07) is 0. The highest BCUT2D eigenvalue weighted by Gasteiger charge is 2.19. The molecule has 0 bridgehead atoms. The van der Waals surface area contributed by atoms with E-state index in [0.29, 0.717) is 19.3 Å². The molecule has 0 saturated carbocycles. The highest BCUT2D eigenvalue weighted by atomic mass is 16.6. The van der Waals surface area contributed by atoms with Crippen LogP contribution in [0.2, 0.25) is 0 Å². The Hall–Kier alpha value is -2.63. The van der Waals surface area contributed by atoms with Gasteiger partial charge in [0.25, 0.3) is 0 Å². The fourth-order valence-electron chi connectivity index (χ4n) is 6.50. The highest BCUT2D eigenvalue weighted by molar-refractivity contribution is 5.71. The maximum atomic E-state index is 12.7. The van der Waals surface area contributed by atoms with Crippen LogP contribution < -0.4 is 0 Å². The fraction of sp³-hybridized carbons (Fsp3) is 0.780. The van der Waals surface area contributed by atoms with E-state index in [0.717, 1.165) is 89.9 Å². The molecule has 0 spiro atoms. The van der Waals surface area contributed by atoms with Crippen LogP contribution in [0.5, 0.6) is 0 Å². The first kappa shape index (κ1) is 53.4. The normalized spacial score (nSPS) is 12.4. The smallest absolute Gasteiger partial charge is 0.306 e. The maximum Gasteiger partial charge on any atom is 0.306 e. The van der Waals surface area contributed by atoms with E-state index >= 15 is 0 Å². The van der Waals surface area contributed by atoms with Crippen LogP contribution in [-0.4, -0.2) is 37.2 Å². The van der Waals surface area contributed by atoms with E-state index in [-0.39, 0.29) is 31.1 Å². The van der Waals surface area contributed by atoms with E-state index in [2.05, 4.69) is 69.4 Å². The molecular weight excluding hydrogens is 697 g/mol. The third-order valence-electron chi connectivity index (χ3n) is 10.1. The van der Waals surface area contributed by atoms with Crippen molar-refractivity contribution >= 4 is 17.9 Å². The van der Waals surface area contributed by atoms with Gasteiger partial charge in [0, 0.05) is 19.3 Å². The molecule has 6 nitrogen and oxygen atoms in total. The van der Waals surface area contributed by atoms with Gasteiger partial charge < -0.3 is 14.2 Å². The quantitative estimate of drug-likeness (QED) is 0.0265. The molecule has 56 heavy (non-hydrogen) atoms. The lowest BCUT2D eigenvalue weighted by Gasteiger charge is -2.18. The van der Waals surface area contributed by atoms with Gasteiger partial charge in [0.2, 0.25) is 0 Å². The Kier molecular flexibility index (Phi) is 43.0. The summed E-state index contributed by atoms with van der Waals surface area (Å²) >= 11 is 0. The molecule has 324 valence electrons. The molecule has 0 rings (SSSR count). The minimum atomic E-state index is -0.787. The number of unbranched alkanes of at least 4 members (excludes halogenated alkanes) is 23. The molecule has 0 aromatic heterocycles. The number of rotatable bonds is 42. The number of hydrogen-bond acceptors (Lipinski definition) is 6. The van der Waals surface area contributed by atoms with E-state index in [1.54, 1.807) is 0 Å². The van der Waals surface area contributed by atoms with Crippen LogP contribution in [0.15, 0.2) is 48.6 Å². The zero-order valence-electron chi connectivity index (χ0n) is 36.9. The molecule has 0 radical (unpaired) electrons. The average molecular weight is 785 g/mol. The largest absolute Gasteiger partial charge is 0.462 e. The maximum absolute atomic E-state index is 12.7. The Morgan fingerprint density at radius 1 is 0.375 bits per heavy atom. The summed E-state index contributed by atoms with van der Waals surface area (Å²) in [4.78, 5) is 37.8. The molecule has 0 aromatic rings. The van der Waals surface area contributed by atoms with E-state index in [4.69, 9.17) is 14.2 Å².